The maximum atomic E-state index is 13.1. The minimum Gasteiger partial charge on any atom is -0.391 e. The highest BCUT2D eigenvalue weighted by atomic mass is 35.5. The number of halogens is 5. The Hall–Kier alpha value is -2.18. The van der Waals surface area contributed by atoms with Crippen molar-refractivity contribution in [2.24, 2.45) is 5.16 Å². The molecule has 0 saturated heterocycles. The predicted molar refractivity (Wildman–Crippen MR) is 135 cm³/mol. The van der Waals surface area contributed by atoms with Gasteiger partial charge in [-0.3, -0.25) is 4.98 Å². The number of rotatable bonds is 10. The van der Waals surface area contributed by atoms with Crippen molar-refractivity contribution in [2.45, 2.75) is 36.8 Å². The summed E-state index contributed by atoms with van der Waals surface area (Å²) in [5, 5.41) is 4.29. The maximum absolute atomic E-state index is 13.1. The average molecular weight is 580 g/mol. The Morgan fingerprint density at radius 2 is 1.81 bits per heavy atom. The van der Waals surface area contributed by atoms with Crippen LogP contribution in [-0.2, 0) is 27.6 Å². The van der Waals surface area contributed by atoms with E-state index in [2.05, 4.69) is 10.1 Å². The Bertz CT molecular complexity index is 1310. The molecule has 0 radical (unpaired) electrons. The molecule has 194 valence electrons. The van der Waals surface area contributed by atoms with E-state index in [9.17, 15) is 21.6 Å². The normalized spacial score (nSPS) is 13.4. The molecule has 0 spiro atoms. The third-order valence-corrected chi connectivity index (χ3v) is 9.37. The molecule has 0 saturated carbocycles. The van der Waals surface area contributed by atoms with Gasteiger partial charge in [0.05, 0.1) is 28.4 Å². The van der Waals surface area contributed by atoms with E-state index in [-0.39, 0.29) is 21.5 Å². The predicted octanol–water partition coefficient (Wildman–Crippen LogP) is 6.83. The number of pyridine rings is 1. The summed E-state index contributed by atoms with van der Waals surface area (Å²) in [5.74, 6) is -0.851. The number of aromatic nitrogens is 1. The van der Waals surface area contributed by atoms with Gasteiger partial charge in [0, 0.05) is 29.2 Å². The Balaban J connectivity index is 1.95. The molecule has 0 bridgehead atoms. The highest BCUT2D eigenvalue weighted by Crippen LogP contribution is 2.37. The first kappa shape index (κ1) is 28.4. The molecule has 0 fully saturated rings. The second kappa shape index (κ2) is 11.9. The van der Waals surface area contributed by atoms with Gasteiger partial charge in [0.2, 0.25) is 0 Å². The standard InChI is InChI=1S/C23H22Cl2F3N3O3S2/c1-3-31(4-2)36(32,33)21-10-9-20(35-21)18(13-30-34-14-15-5-7-17(24)8-6-15)22-19(25)11-16(12-29-22)23(26,27)28/h5-13,18H,3-4,14H2,1-2H3/b30-13+. The molecule has 0 aliphatic heterocycles. The van der Waals surface area contributed by atoms with Gasteiger partial charge in [0.25, 0.3) is 10.0 Å². The van der Waals surface area contributed by atoms with Crippen LogP contribution >= 0.6 is 34.5 Å². The van der Waals surface area contributed by atoms with Crippen molar-refractivity contribution >= 4 is 50.8 Å². The molecule has 3 aromatic rings. The number of hydrogen-bond acceptors (Lipinski definition) is 6. The molecule has 2 heterocycles. The highest BCUT2D eigenvalue weighted by Gasteiger charge is 2.33. The van der Waals surface area contributed by atoms with Crippen molar-refractivity contribution in [3.8, 4) is 0 Å². The van der Waals surface area contributed by atoms with E-state index < -0.39 is 27.7 Å². The second-order valence-corrected chi connectivity index (χ2v) is 11.6. The number of hydrogen-bond donors (Lipinski definition) is 0. The van der Waals surface area contributed by atoms with Crippen molar-refractivity contribution in [2.75, 3.05) is 13.1 Å². The van der Waals surface area contributed by atoms with E-state index in [1.54, 1.807) is 44.2 Å². The van der Waals surface area contributed by atoms with Crippen LogP contribution in [0.2, 0.25) is 10.0 Å². The zero-order valence-electron chi connectivity index (χ0n) is 19.2. The van der Waals surface area contributed by atoms with E-state index in [0.717, 1.165) is 23.0 Å². The molecule has 0 N–H and O–H groups in total. The van der Waals surface area contributed by atoms with Gasteiger partial charge in [-0.25, -0.2) is 8.42 Å². The summed E-state index contributed by atoms with van der Waals surface area (Å²) in [6.07, 6.45) is -2.61. The maximum Gasteiger partial charge on any atom is 0.417 e. The third-order valence-electron chi connectivity index (χ3n) is 5.13. The number of alkyl halides is 3. The number of thiophene rings is 1. The van der Waals surface area contributed by atoms with E-state index in [1.807, 2.05) is 0 Å². The van der Waals surface area contributed by atoms with Crippen LogP contribution in [0.1, 0.15) is 41.5 Å². The van der Waals surface area contributed by atoms with Gasteiger partial charge in [-0.1, -0.05) is 54.3 Å². The van der Waals surface area contributed by atoms with Crippen LogP contribution in [0.4, 0.5) is 13.2 Å². The largest absolute Gasteiger partial charge is 0.417 e. The first-order valence-electron chi connectivity index (χ1n) is 10.7. The summed E-state index contributed by atoms with van der Waals surface area (Å²) in [5.41, 5.74) is -0.124. The fourth-order valence-corrected chi connectivity index (χ4v) is 6.65. The van der Waals surface area contributed by atoms with Crippen molar-refractivity contribution in [1.29, 1.82) is 0 Å². The van der Waals surface area contributed by atoms with Crippen LogP contribution in [0, 0.1) is 0 Å². The summed E-state index contributed by atoms with van der Waals surface area (Å²) >= 11 is 13.0. The monoisotopic (exact) mass is 579 g/mol. The lowest BCUT2D eigenvalue weighted by molar-refractivity contribution is -0.137. The highest BCUT2D eigenvalue weighted by molar-refractivity contribution is 7.91. The Morgan fingerprint density at radius 3 is 2.39 bits per heavy atom. The molecule has 2 aromatic heterocycles. The van der Waals surface area contributed by atoms with Gasteiger partial charge >= 0.3 is 6.18 Å². The number of nitrogens with zero attached hydrogens (tertiary/aromatic N) is 3. The van der Waals surface area contributed by atoms with Gasteiger partial charge in [-0.05, 0) is 35.9 Å². The molecule has 1 unspecified atom stereocenters. The van der Waals surface area contributed by atoms with E-state index in [0.29, 0.717) is 29.2 Å². The zero-order valence-corrected chi connectivity index (χ0v) is 22.3. The zero-order chi connectivity index (χ0) is 26.5. The Morgan fingerprint density at radius 1 is 1.14 bits per heavy atom. The third kappa shape index (κ3) is 6.77. The van der Waals surface area contributed by atoms with Crippen LogP contribution in [0.3, 0.4) is 0 Å². The van der Waals surface area contributed by atoms with Gasteiger partial charge < -0.3 is 4.84 Å². The molecule has 13 heteroatoms. The minimum atomic E-state index is -4.62. The van der Waals surface area contributed by atoms with Crippen LogP contribution in [0.5, 0.6) is 0 Å². The van der Waals surface area contributed by atoms with E-state index >= 15 is 0 Å². The quantitative estimate of drug-likeness (QED) is 0.195. The van der Waals surface area contributed by atoms with Gasteiger partial charge in [-0.2, -0.15) is 17.5 Å². The summed E-state index contributed by atoms with van der Waals surface area (Å²) in [6, 6.07) is 10.7. The molecular formula is C23H22Cl2F3N3O3S2. The van der Waals surface area contributed by atoms with Crippen LogP contribution < -0.4 is 0 Å². The van der Waals surface area contributed by atoms with Crippen molar-refractivity contribution in [1.82, 2.24) is 9.29 Å². The van der Waals surface area contributed by atoms with Crippen LogP contribution in [-0.4, -0.2) is 37.0 Å². The lowest BCUT2D eigenvalue weighted by Crippen LogP contribution is -2.29. The molecule has 3 rings (SSSR count). The fourth-order valence-electron chi connectivity index (χ4n) is 3.24. The van der Waals surface area contributed by atoms with Gasteiger partial charge in [-0.15, -0.1) is 11.3 Å². The van der Waals surface area contributed by atoms with Crippen molar-refractivity contribution in [3.05, 3.63) is 80.4 Å². The summed E-state index contributed by atoms with van der Waals surface area (Å²) in [6.45, 7) is 4.16. The van der Waals surface area contributed by atoms with Crippen LogP contribution in [0.25, 0.3) is 0 Å². The fraction of sp³-hybridized carbons (Fsp3) is 0.304. The number of benzene rings is 1. The lowest BCUT2D eigenvalue weighted by atomic mass is 10.0. The van der Waals surface area contributed by atoms with Gasteiger partial charge in [0.15, 0.2) is 0 Å². The Kier molecular flexibility index (Phi) is 9.39. The molecule has 1 aromatic carbocycles. The SMILES string of the molecule is CCN(CC)S(=O)(=O)c1ccc(C(/C=N/OCc2ccc(Cl)cc2)c2ncc(C(F)(F)F)cc2Cl)s1. The first-order valence-corrected chi connectivity index (χ1v) is 13.7. The van der Waals surface area contributed by atoms with Gasteiger partial charge in [0.1, 0.15) is 10.8 Å². The number of oxime groups is 1. The van der Waals surface area contributed by atoms with Crippen LogP contribution in [0.15, 0.2) is 58.0 Å². The molecule has 0 amide bonds. The first-order chi connectivity index (χ1) is 17.0. The van der Waals surface area contributed by atoms with Crippen molar-refractivity contribution < 1.29 is 26.4 Å². The molecule has 6 nitrogen and oxygen atoms in total. The Labute approximate surface area is 221 Å². The van der Waals surface area contributed by atoms with E-state index in [1.165, 1.54) is 16.6 Å². The van der Waals surface area contributed by atoms with Crippen molar-refractivity contribution in [3.63, 3.8) is 0 Å². The molecule has 0 aliphatic carbocycles. The second-order valence-electron chi connectivity index (χ2n) is 7.47. The molecule has 1 atom stereocenters. The summed E-state index contributed by atoms with van der Waals surface area (Å²) < 4.78 is 66.6. The van der Waals surface area contributed by atoms with E-state index in [4.69, 9.17) is 28.0 Å². The number of sulfonamides is 1. The molecular weight excluding hydrogens is 558 g/mol. The molecule has 0 aliphatic rings. The smallest absolute Gasteiger partial charge is 0.391 e. The molecule has 36 heavy (non-hydrogen) atoms. The lowest BCUT2D eigenvalue weighted by Gasteiger charge is -2.17. The minimum absolute atomic E-state index is 0.0807. The summed E-state index contributed by atoms with van der Waals surface area (Å²) in [7, 11) is -3.73. The topological polar surface area (TPSA) is 71.9 Å². The average Bonchev–Trinajstić information content (AvgIpc) is 3.32. The summed E-state index contributed by atoms with van der Waals surface area (Å²) in [4.78, 5) is 9.76.